The van der Waals surface area contributed by atoms with Crippen molar-refractivity contribution in [1.29, 1.82) is 0 Å². The van der Waals surface area contributed by atoms with E-state index in [0.717, 1.165) is 0 Å². The second-order valence-electron chi connectivity index (χ2n) is 4.41. The third-order valence-electron chi connectivity index (χ3n) is 2.86. The van der Waals surface area contributed by atoms with Gasteiger partial charge in [0.25, 0.3) is 5.91 Å². The molecule has 2 aromatic rings. The minimum Gasteiger partial charge on any atom is -0.467 e. The molecule has 22 heavy (non-hydrogen) atoms. The van der Waals surface area contributed by atoms with E-state index in [9.17, 15) is 9.18 Å². The normalized spacial score (nSPS) is 10.1. The van der Waals surface area contributed by atoms with E-state index in [1.807, 2.05) is 6.07 Å². The SMILES string of the molecule is Cl.NCc1cc(C(=O)NCCSCc2ccccc2F)co1. The zero-order chi connectivity index (χ0) is 15.1. The van der Waals surface area contributed by atoms with Gasteiger partial charge in [0, 0.05) is 18.1 Å². The molecule has 0 spiro atoms. The van der Waals surface area contributed by atoms with Crippen LogP contribution in [0.4, 0.5) is 4.39 Å². The van der Waals surface area contributed by atoms with Crippen LogP contribution >= 0.6 is 24.2 Å². The zero-order valence-electron chi connectivity index (χ0n) is 11.9. The Bertz CT molecular complexity index is 607. The fraction of sp³-hybridized carbons (Fsp3) is 0.267. The van der Waals surface area contributed by atoms with Gasteiger partial charge in [0.2, 0.25) is 0 Å². The van der Waals surface area contributed by atoms with E-state index in [-0.39, 0.29) is 30.7 Å². The minimum absolute atomic E-state index is 0. The Morgan fingerprint density at radius 3 is 2.82 bits per heavy atom. The van der Waals surface area contributed by atoms with E-state index in [4.69, 9.17) is 10.2 Å². The van der Waals surface area contributed by atoms with Gasteiger partial charge in [-0.2, -0.15) is 11.8 Å². The third-order valence-corrected chi connectivity index (χ3v) is 3.87. The van der Waals surface area contributed by atoms with Gasteiger partial charge in [0.05, 0.1) is 12.1 Å². The molecule has 0 saturated heterocycles. The maximum atomic E-state index is 13.4. The molecule has 0 unspecified atom stereocenters. The lowest BCUT2D eigenvalue weighted by Gasteiger charge is -2.04. The third kappa shape index (κ3) is 5.36. The van der Waals surface area contributed by atoms with Crippen LogP contribution in [0.25, 0.3) is 0 Å². The predicted octanol–water partition coefficient (Wildman–Crippen LogP) is 2.96. The van der Waals surface area contributed by atoms with Crippen LogP contribution in [0.2, 0.25) is 0 Å². The second kappa shape index (κ2) is 9.50. The smallest absolute Gasteiger partial charge is 0.254 e. The molecule has 4 nitrogen and oxygen atoms in total. The average Bonchev–Trinajstić information content (AvgIpc) is 2.97. The van der Waals surface area contributed by atoms with E-state index < -0.39 is 0 Å². The molecule has 1 amide bonds. The maximum absolute atomic E-state index is 13.4. The van der Waals surface area contributed by atoms with Crippen molar-refractivity contribution in [2.45, 2.75) is 12.3 Å². The molecule has 0 bridgehead atoms. The summed E-state index contributed by atoms with van der Waals surface area (Å²) in [6, 6.07) is 8.33. The molecule has 0 aliphatic rings. The van der Waals surface area contributed by atoms with E-state index in [2.05, 4.69) is 5.32 Å². The first-order valence-electron chi connectivity index (χ1n) is 6.57. The highest BCUT2D eigenvalue weighted by atomic mass is 35.5. The largest absolute Gasteiger partial charge is 0.467 e. The summed E-state index contributed by atoms with van der Waals surface area (Å²) in [5.74, 6) is 1.49. The van der Waals surface area contributed by atoms with E-state index in [0.29, 0.717) is 34.9 Å². The fourth-order valence-corrected chi connectivity index (χ4v) is 2.59. The summed E-state index contributed by atoms with van der Waals surface area (Å²) < 4.78 is 18.5. The highest BCUT2D eigenvalue weighted by Gasteiger charge is 2.08. The Morgan fingerprint density at radius 1 is 1.36 bits per heavy atom. The first-order valence-corrected chi connectivity index (χ1v) is 7.73. The molecule has 0 radical (unpaired) electrons. The summed E-state index contributed by atoms with van der Waals surface area (Å²) in [6.07, 6.45) is 1.39. The van der Waals surface area contributed by atoms with Crippen molar-refractivity contribution in [2.75, 3.05) is 12.3 Å². The molecule has 3 N–H and O–H groups in total. The Hall–Kier alpha value is -1.50. The average molecular weight is 345 g/mol. The highest BCUT2D eigenvalue weighted by molar-refractivity contribution is 7.98. The molecule has 0 fully saturated rings. The molecule has 7 heteroatoms. The number of amides is 1. The Balaban J connectivity index is 0.00000242. The summed E-state index contributed by atoms with van der Waals surface area (Å²) >= 11 is 1.57. The van der Waals surface area contributed by atoms with Crippen LogP contribution in [-0.4, -0.2) is 18.2 Å². The van der Waals surface area contributed by atoms with Crippen molar-refractivity contribution in [3.63, 3.8) is 0 Å². The number of hydrogen-bond donors (Lipinski definition) is 2. The number of hydrogen-bond acceptors (Lipinski definition) is 4. The molecule has 0 atom stereocenters. The number of halogens is 2. The van der Waals surface area contributed by atoms with Crippen molar-refractivity contribution in [2.24, 2.45) is 5.73 Å². The number of carbonyl (C=O) groups excluding carboxylic acids is 1. The van der Waals surface area contributed by atoms with Gasteiger partial charge in [-0.3, -0.25) is 4.79 Å². The lowest BCUT2D eigenvalue weighted by molar-refractivity contribution is 0.0955. The van der Waals surface area contributed by atoms with Crippen LogP contribution in [0.1, 0.15) is 21.7 Å². The lowest BCUT2D eigenvalue weighted by atomic mass is 10.2. The van der Waals surface area contributed by atoms with Gasteiger partial charge in [-0.05, 0) is 17.7 Å². The monoisotopic (exact) mass is 344 g/mol. The molecule has 1 heterocycles. The molecule has 0 aliphatic carbocycles. The van der Waals surface area contributed by atoms with Gasteiger partial charge < -0.3 is 15.5 Å². The van der Waals surface area contributed by atoms with Gasteiger partial charge in [-0.15, -0.1) is 12.4 Å². The van der Waals surface area contributed by atoms with E-state index in [1.165, 1.54) is 12.3 Å². The molecular formula is C15H18ClFN2O2S. The van der Waals surface area contributed by atoms with Crippen LogP contribution < -0.4 is 11.1 Å². The molecule has 2 rings (SSSR count). The molecule has 1 aromatic carbocycles. The summed E-state index contributed by atoms with van der Waals surface area (Å²) in [5.41, 5.74) is 6.56. The number of carbonyl (C=O) groups is 1. The Morgan fingerprint density at radius 2 is 2.14 bits per heavy atom. The van der Waals surface area contributed by atoms with Gasteiger partial charge in [-0.1, -0.05) is 18.2 Å². The quantitative estimate of drug-likeness (QED) is 0.758. The number of nitrogens with two attached hydrogens (primary N) is 1. The standard InChI is InChI=1S/C15H17FN2O2S.ClH/c16-14-4-2-1-3-11(14)10-21-6-5-18-15(19)12-7-13(8-17)20-9-12;/h1-4,7,9H,5-6,8,10,17H2,(H,18,19);1H. The minimum atomic E-state index is -0.193. The van der Waals surface area contributed by atoms with Gasteiger partial charge >= 0.3 is 0 Å². The van der Waals surface area contributed by atoms with Gasteiger partial charge in [-0.25, -0.2) is 4.39 Å². The van der Waals surface area contributed by atoms with Crippen LogP contribution in [-0.2, 0) is 12.3 Å². The Labute approximate surface area is 139 Å². The first-order chi connectivity index (χ1) is 10.2. The van der Waals surface area contributed by atoms with Crippen molar-refractivity contribution in [3.8, 4) is 0 Å². The van der Waals surface area contributed by atoms with E-state index >= 15 is 0 Å². The lowest BCUT2D eigenvalue weighted by Crippen LogP contribution is -2.25. The van der Waals surface area contributed by atoms with Gasteiger partial charge in [0.15, 0.2) is 0 Å². The van der Waals surface area contributed by atoms with Crippen molar-refractivity contribution in [3.05, 3.63) is 59.3 Å². The fourth-order valence-electron chi connectivity index (χ4n) is 1.74. The Kier molecular flexibility index (Phi) is 8.01. The van der Waals surface area contributed by atoms with Crippen molar-refractivity contribution in [1.82, 2.24) is 5.32 Å². The van der Waals surface area contributed by atoms with Crippen molar-refractivity contribution >= 4 is 30.1 Å². The van der Waals surface area contributed by atoms with E-state index in [1.54, 1.807) is 30.0 Å². The molecule has 0 saturated carbocycles. The number of benzene rings is 1. The topological polar surface area (TPSA) is 68.3 Å². The second-order valence-corrected chi connectivity index (χ2v) is 5.51. The number of nitrogens with one attached hydrogen (secondary N) is 1. The maximum Gasteiger partial charge on any atom is 0.254 e. The molecule has 0 aliphatic heterocycles. The summed E-state index contributed by atoms with van der Waals surface area (Å²) in [6.45, 7) is 0.785. The summed E-state index contributed by atoms with van der Waals surface area (Å²) in [7, 11) is 0. The predicted molar refractivity (Wildman–Crippen MR) is 88.7 cm³/mol. The summed E-state index contributed by atoms with van der Waals surface area (Å²) in [4.78, 5) is 11.8. The molecular weight excluding hydrogens is 327 g/mol. The molecule has 1 aromatic heterocycles. The van der Waals surface area contributed by atoms with Crippen molar-refractivity contribution < 1.29 is 13.6 Å². The summed E-state index contributed by atoms with van der Waals surface area (Å²) in [5, 5.41) is 2.78. The zero-order valence-corrected chi connectivity index (χ0v) is 13.5. The molecule has 120 valence electrons. The van der Waals surface area contributed by atoms with Crippen LogP contribution in [0.15, 0.2) is 41.0 Å². The number of rotatable bonds is 7. The van der Waals surface area contributed by atoms with Crippen LogP contribution in [0, 0.1) is 5.82 Å². The first kappa shape index (κ1) is 18.5. The van der Waals surface area contributed by atoms with Crippen LogP contribution in [0.3, 0.4) is 0 Å². The van der Waals surface area contributed by atoms with Crippen LogP contribution in [0.5, 0.6) is 0 Å². The highest BCUT2D eigenvalue weighted by Crippen LogP contribution is 2.14. The number of furan rings is 1. The number of thioether (sulfide) groups is 1. The van der Waals surface area contributed by atoms with Gasteiger partial charge in [0.1, 0.15) is 17.8 Å².